The largest absolute Gasteiger partial charge is 0.208 e. The van der Waals surface area contributed by atoms with Crippen molar-refractivity contribution in [3.05, 3.63) is 188 Å². The average Bonchev–Trinajstić information content (AvgIpc) is 3.86. The Hall–Kier alpha value is -6.79. The van der Waals surface area contributed by atoms with Crippen molar-refractivity contribution in [1.82, 2.24) is 15.0 Å². The summed E-state index contributed by atoms with van der Waals surface area (Å²) in [6.07, 6.45) is 0. The highest BCUT2D eigenvalue weighted by Gasteiger charge is 2.23. The van der Waals surface area contributed by atoms with Crippen LogP contribution in [-0.4, -0.2) is 15.0 Å². The minimum Gasteiger partial charge on any atom is -0.208 e. The van der Waals surface area contributed by atoms with Gasteiger partial charge in [-0.25, -0.2) is 15.0 Å². The van der Waals surface area contributed by atoms with E-state index in [0.29, 0.717) is 17.5 Å². The molecule has 8 aromatic carbocycles. The zero-order chi connectivity index (χ0) is 37.0. The van der Waals surface area contributed by atoms with E-state index in [-0.39, 0.29) is 0 Å². The van der Waals surface area contributed by atoms with Crippen LogP contribution >= 0.6 is 22.7 Å². The fourth-order valence-electron chi connectivity index (χ4n) is 7.90. The highest BCUT2D eigenvalue weighted by Crippen LogP contribution is 2.50. The molecular weight excluding hydrogens is 719 g/mol. The molecule has 0 spiro atoms. The van der Waals surface area contributed by atoms with Gasteiger partial charge in [0.15, 0.2) is 17.5 Å². The number of thiophene rings is 2. The van der Waals surface area contributed by atoms with Crippen molar-refractivity contribution in [3.63, 3.8) is 0 Å². The fourth-order valence-corrected chi connectivity index (χ4v) is 10.5. The predicted octanol–water partition coefficient (Wildman–Crippen LogP) is 14.6. The summed E-state index contributed by atoms with van der Waals surface area (Å²) in [4.78, 5) is 15.6. The summed E-state index contributed by atoms with van der Waals surface area (Å²) < 4.78 is 5.05. The van der Waals surface area contributed by atoms with E-state index in [4.69, 9.17) is 15.0 Å². The molecule has 0 aliphatic rings. The van der Waals surface area contributed by atoms with Gasteiger partial charge in [-0.3, -0.25) is 0 Å². The molecule has 262 valence electrons. The molecule has 0 unspecified atom stereocenters. The van der Waals surface area contributed by atoms with Gasteiger partial charge in [0.2, 0.25) is 0 Å². The molecule has 11 aromatic rings. The van der Waals surface area contributed by atoms with Gasteiger partial charge in [0.05, 0.1) is 0 Å². The number of benzene rings is 8. The third kappa shape index (κ3) is 5.51. The second-order valence-electron chi connectivity index (χ2n) is 13.9. The molecule has 3 heterocycles. The Morgan fingerprint density at radius 2 is 0.804 bits per heavy atom. The predicted molar refractivity (Wildman–Crippen MR) is 238 cm³/mol. The first-order chi connectivity index (χ1) is 27.8. The van der Waals surface area contributed by atoms with Crippen LogP contribution in [0.25, 0.3) is 108 Å². The number of nitrogens with zero attached hydrogens (tertiary/aromatic N) is 3. The van der Waals surface area contributed by atoms with Gasteiger partial charge in [0, 0.05) is 73.7 Å². The van der Waals surface area contributed by atoms with Crippen LogP contribution in [0.2, 0.25) is 0 Å². The Morgan fingerprint density at radius 3 is 1.48 bits per heavy atom. The highest BCUT2D eigenvalue weighted by atomic mass is 32.1. The normalized spacial score (nSPS) is 11.6. The minimum atomic E-state index is 0.649. The van der Waals surface area contributed by atoms with E-state index < -0.39 is 0 Å². The third-order valence-corrected chi connectivity index (χ3v) is 13.0. The van der Waals surface area contributed by atoms with Gasteiger partial charge >= 0.3 is 0 Å². The highest BCUT2D eigenvalue weighted by molar-refractivity contribution is 7.27. The summed E-state index contributed by atoms with van der Waals surface area (Å²) in [5, 5.41) is 4.92. The summed E-state index contributed by atoms with van der Waals surface area (Å²) >= 11 is 3.74. The Bertz CT molecular complexity index is 3170. The summed E-state index contributed by atoms with van der Waals surface area (Å²) in [6.45, 7) is 0. The summed E-state index contributed by atoms with van der Waals surface area (Å²) in [6, 6.07) is 66.7. The van der Waals surface area contributed by atoms with Crippen LogP contribution in [-0.2, 0) is 0 Å². The molecule has 0 amide bonds. The molecule has 0 radical (unpaired) electrons. The molecule has 3 aromatic heterocycles. The van der Waals surface area contributed by atoms with Crippen molar-refractivity contribution in [1.29, 1.82) is 0 Å². The molecule has 11 rings (SSSR count). The van der Waals surface area contributed by atoms with E-state index in [2.05, 4.69) is 152 Å². The van der Waals surface area contributed by atoms with E-state index in [1.165, 1.54) is 68.3 Å². The van der Waals surface area contributed by atoms with Crippen molar-refractivity contribution >= 4 is 63.0 Å². The second kappa shape index (κ2) is 13.5. The van der Waals surface area contributed by atoms with Gasteiger partial charge in [0.25, 0.3) is 0 Å². The first kappa shape index (κ1) is 32.6. The van der Waals surface area contributed by atoms with Gasteiger partial charge in [-0.15, -0.1) is 22.7 Å². The Labute approximate surface area is 331 Å². The van der Waals surface area contributed by atoms with Crippen LogP contribution in [0.4, 0.5) is 0 Å². The molecule has 0 aliphatic carbocycles. The molecule has 0 atom stereocenters. The van der Waals surface area contributed by atoms with Crippen molar-refractivity contribution in [2.45, 2.75) is 0 Å². The van der Waals surface area contributed by atoms with Crippen LogP contribution in [0.1, 0.15) is 0 Å². The lowest BCUT2D eigenvalue weighted by atomic mass is 9.93. The number of rotatable bonds is 6. The molecule has 0 bridgehead atoms. The van der Waals surface area contributed by atoms with Crippen molar-refractivity contribution in [2.75, 3.05) is 0 Å². The van der Waals surface area contributed by atoms with E-state index >= 15 is 0 Å². The van der Waals surface area contributed by atoms with Gasteiger partial charge in [0.1, 0.15) is 0 Å². The van der Waals surface area contributed by atoms with Crippen LogP contribution in [0.3, 0.4) is 0 Å². The summed E-state index contributed by atoms with van der Waals surface area (Å²) in [5.74, 6) is 1.95. The zero-order valence-corrected chi connectivity index (χ0v) is 31.7. The molecule has 56 heavy (non-hydrogen) atoms. The van der Waals surface area contributed by atoms with Crippen molar-refractivity contribution in [2.24, 2.45) is 0 Å². The number of hydrogen-bond acceptors (Lipinski definition) is 5. The topological polar surface area (TPSA) is 38.7 Å². The zero-order valence-electron chi connectivity index (χ0n) is 30.1. The lowest BCUT2D eigenvalue weighted by Gasteiger charge is -2.12. The quantitative estimate of drug-likeness (QED) is 0.170. The third-order valence-electron chi connectivity index (χ3n) is 10.5. The average molecular weight is 750 g/mol. The Kier molecular flexibility index (Phi) is 7.87. The number of hydrogen-bond donors (Lipinski definition) is 0. The van der Waals surface area contributed by atoms with Gasteiger partial charge in [-0.1, -0.05) is 164 Å². The van der Waals surface area contributed by atoms with Gasteiger partial charge < -0.3 is 0 Å². The maximum absolute atomic E-state index is 5.26. The molecule has 0 saturated carbocycles. The lowest BCUT2D eigenvalue weighted by molar-refractivity contribution is 1.08. The standard InChI is InChI=1S/C51H31N3S2/c1-5-16-32(17-6-1)36-30-42(33-18-7-2-8-19-33)47-43(31-36)45-41(51-53-49(34-20-9-3-10-21-34)52-50(54-51)35-22-11-4-12-23-35)29-28-40(48(45)56-47)39-26-15-25-38-37-24-13-14-27-44(37)55-46(38)39/h1-31H. The van der Waals surface area contributed by atoms with Gasteiger partial charge in [-0.05, 0) is 41.0 Å². The maximum Gasteiger partial charge on any atom is 0.164 e. The molecular formula is C51H31N3S2. The first-order valence-corrected chi connectivity index (χ1v) is 20.3. The summed E-state index contributed by atoms with van der Waals surface area (Å²) in [5.41, 5.74) is 10.1. The second-order valence-corrected chi connectivity index (χ2v) is 16.0. The minimum absolute atomic E-state index is 0.649. The van der Waals surface area contributed by atoms with Crippen LogP contribution < -0.4 is 0 Å². The molecule has 0 saturated heterocycles. The van der Waals surface area contributed by atoms with Crippen molar-refractivity contribution < 1.29 is 0 Å². The Morgan fingerprint density at radius 1 is 0.286 bits per heavy atom. The van der Waals surface area contributed by atoms with Crippen molar-refractivity contribution in [3.8, 4) is 67.5 Å². The van der Waals surface area contributed by atoms with E-state index in [1.807, 2.05) is 59.1 Å². The fraction of sp³-hybridized carbons (Fsp3) is 0. The lowest BCUT2D eigenvalue weighted by Crippen LogP contribution is -2.00. The van der Waals surface area contributed by atoms with E-state index in [1.54, 1.807) is 0 Å². The first-order valence-electron chi connectivity index (χ1n) is 18.7. The molecule has 5 heteroatoms. The SMILES string of the molecule is c1ccc(-c2cc(-c3ccccc3)c3sc4c(-c5cccc6c5sc5ccccc56)ccc(-c5nc(-c6ccccc6)nc(-c6ccccc6)n5)c4c3c2)cc1. The summed E-state index contributed by atoms with van der Waals surface area (Å²) in [7, 11) is 0. The number of aromatic nitrogens is 3. The molecule has 0 aliphatic heterocycles. The molecule has 0 N–H and O–H groups in total. The van der Waals surface area contributed by atoms with E-state index in [9.17, 15) is 0 Å². The monoisotopic (exact) mass is 749 g/mol. The number of fused-ring (bicyclic) bond motifs is 6. The Balaban J connectivity index is 1.27. The molecule has 3 nitrogen and oxygen atoms in total. The smallest absolute Gasteiger partial charge is 0.164 e. The maximum atomic E-state index is 5.26. The molecule has 0 fully saturated rings. The van der Waals surface area contributed by atoms with Crippen LogP contribution in [0.5, 0.6) is 0 Å². The van der Waals surface area contributed by atoms with E-state index in [0.717, 1.165) is 22.1 Å². The van der Waals surface area contributed by atoms with Crippen LogP contribution in [0, 0.1) is 0 Å². The van der Waals surface area contributed by atoms with Crippen LogP contribution in [0.15, 0.2) is 188 Å². The van der Waals surface area contributed by atoms with Gasteiger partial charge in [-0.2, -0.15) is 0 Å².